The van der Waals surface area contributed by atoms with Gasteiger partial charge in [-0.25, -0.2) is 18.3 Å². The number of aromatic nitrogens is 4. The number of alkyl halides is 6. The Bertz CT molecular complexity index is 1290. The van der Waals surface area contributed by atoms with Crippen molar-refractivity contribution >= 4 is 22.1 Å². The van der Waals surface area contributed by atoms with Crippen molar-refractivity contribution in [1.29, 1.82) is 0 Å². The van der Waals surface area contributed by atoms with Gasteiger partial charge in [-0.15, -0.1) is 0 Å². The molecule has 5 rings (SSSR count). The number of hydrogen-bond acceptors (Lipinski definition) is 2. The molecule has 0 radical (unpaired) electrons. The average molecular weight is 514 g/mol. The van der Waals surface area contributed by atoms with Crippen molar-refractivity contribution in [2.75, 3.05) is 26.4 Å². The Morgan fingerprint density at radius 3 is 1.44 bits per heavy atom. The van der Waals surface area contributed by atoms with Gasteiger partial charge in [0.05, 0.1) is 37.6 Å². The molecule has 6 nitrogen and oxygen atoms in total. The van der Waals surface area contributed by atoms with Crippen molar-refractivity contribution in [1.82, 2.24) is 9.13 Å². The summed E-state index contributed by atoms with van der Waals surface area (Å²) in [6, 6.07) is 7.31. The summed E-state index contributed by atoms with van der Waals surface area (Å²) in [5.74, 6) is 0. The van der Waals surface area contributed by atoms with Gasteiger partial charge in [0.25, 0.3) is 0 Å². The van der Waals surface area contributed by atoms with Gasteiger partial charge >= 0.3 is 12.4 Å². The molecule has 4 bridgehead atoms. The third-order valence-corrected chi connectivity index (χ3v) is 6.31. The van der Waals surface area contributed by atoms with Crippen LogP contribution in [0.15, 0.2) is 49.1 Å². The van der Waals surface area contributed by atoms with E-state index in [1.54, 1.807) is 21.8 Å². The predicted octanol–water partition coefficient (Wildman–Crippen LogP) is 3.96. The second-order valence-electron chi connectivity index (χ2n) is 8.63. The van der Waals surface area contributed by atoms with E-state index >= 15 is 0 Å². The maximum atomic E-state index is 13.3. The van der Waals surface area contributed by atoms with E-state index in [4.69, 9.17) is 9.47 Å². The van der Waals surface area contributed by atoms with E-state index in [9.17, 15) is 26.3 Å². The third kappa shape index (κ3) is 4.92. The van der Waals surface area contributed by atoms with E-state index in [1.165, 1.54) is 12.1 Å². The van der Waals surface area contributed by atoms with Crippen molar-refractivity contribution in [3.63, 3.8) is 0 Å². The molecule has 0 atom stereocenters. The highest BCUT2D eigenvalue weighted by molar-refractivity contribution is 5.73. The number of imidazole rings is 2. The highest BCUT2D eigenvalue weighted by Gasteiger charge is 2.33. The number of benzene rings is 2. The van der Waals surface area contributed by atoms with Gasteiger partial charge in [0.2, 0.25) is 12.7 Å². The van der Waals surface area contributed by atoms with Crippen molar-refractivity contribution in [3.05, 3.63) is 60.2 Å². The molecule has 36 heavy (non-hydrogen) atoms. The quantitative estimate of drug-likeness (QED) is 0.263. The summed E-state index contributed by atoms with van der Waals surface area (Å²) in [7, 11) is 0. The van der Waals surface area contributed by atoms with Crippen LogP contribution in [-0.4, -0.2) is 35.6 Å². The smallest absolute Gasteiger partial charge is 0.373 e. The fraction of sp³-hybridized carbons (Fsp3) is 0.417. The SMILES string of the molecule is FC(F)(F)c1ccc2c(c1)n1c[n+]2CCOCC[n+]2cn(c3cc(C(F)(F)F)ccc32)CCOCC1. The normalized spacial score (nSPS) is 16.6. The number of fused-ring (bicyclic) bond motifs is 10. The van der Waals surface area contributed by atoms with Gasteiger partial charge in [-0.2, -0.15) is 26.3 Å². The molecule has 2 aromatic carbocycles. The van der Waals surface area contributed by atoms with Crippen molar-refractivity contribution < 1.29 is 45.0 Å². The zero-order valence-corrected chi connectivity index (χ0v) is 19.1. The molecule has 0 unspecified atom stereocenters. The van der Waals surface area contributed by atoms with Crippen LogP contribution in [0.4, 0.5) is 26.3 Å². The van der Waals surface area contributed by atoms with Crippen LogP contribution in [0.5, 0.6) is 0 Å². The molecule has 12 heteroatoms. The van der Waals surface area contributed by atoms with Crippen LogP contribution < -0.4 is 9.13 Å². The van der Waals surface area contributed by atoms with Crippen molar-refractivity contribution in [3.8, 4) is 0 Å². The van der Waals surface area contributed by atoms with E-state index in [-0.39, 0.29) is 13.2 Å². The number of nitrogens with zero attached hydrogens (tertiary/aromatic N) is 4. The third-order valence-electron chi connectivity index (χ3n) is 6.31. The molecule has 2 aromatic heterocycles. The lowest BCUT2D eigenvalue weighted by Gasteiger charge is -2.07. The fourth-order valence-corrected chi connectivity index (χ4v) is 4.50. The molecule has 0 saturated heterocycles. The monoisotopic (exact) mass is 514 g/mol. The largest absolute Gasteiger partial charge is 0.416 e. The van der Waals surface area contributed by atoms with Gasteiger partial charge in [-0.3, -0.25) is 0 Å². The van der Waals surface area contributed by atoms with Crippen molar-refractivity contribution in [2.24, 2.45) is 0 Å². The van der Waals surface area contributed by atoms with Crippen LogP contribution in [0.2, 0.25) is 0 Å². The Hall–Kier alpha value is -3.12. The van der Waals surface area contributed by atoms with Gasteiger partial charge in [0.1, 0.15) is 26.2 Å². The summed E-state index contributed by atoms with van der Waals surface area (Å²) in [5, 5.41) is 0. The van der Waals surface area contributed by atoms with Gasteiger partial charge in [0.15, 0.2) is 22.1 Å². The number of rotatable bonds is 0. The minimum Gasteiger partial charge on any atom is -0.373 e. The molecule has 192 valence electrons. The molecule has 0 fully saturated rings. The highest BCUT2D eigenvalue weighted by atomic mass is 19.4. The molecule has 0 saturated carbocycles. The molecule has 0 aliphatic carbocycles. The maximum Gasteiger partial charge on any atom is 0.416 e. The Kier molecular flexibility index (Phi) is 6.41. The van der Waals surface area contributed by atoms with Crippen molar-refractivity contribution in [2.45, 2.75) is 38.5 Å². The van der Waals surface area contributed by atoms with E-state index in [1.807, 2.05) is 9.13 Å². The zero-order valence-electron chi connectivity index (χ0n) is 19.1. The van der Waals surface area contributed by atoms with Crippen LogP contribution in [0, 0.1) is 0 Å². The standard InChI is InChI=1S/C24H24F6N4O2/c25-23(26,27)17-1-3-19-21(13-17)33-7-11-36-12-8-34-16-32(6-10-35-9-5-31(19)15-33)20-4-2-18(14-22(20)34)24(28,29)30/h1-4,13-16H,5-12H2/q+2. The highest BCUT2D eigenvalue weighted by Crippen LogP contribution is 2.32. The van der Waals surface area contributed by atoms with Crippen LogP contribution in [0.25, 0.3) is 22.1 Å². The molecular formula is C24H24F6N4O2+2. The Balaban J connectivity index is 1.41. The van der Waals surface area contributed by atoms with Gasteiger partial charge in [-0.1, -0.05) is 0 Å². The summed E-state index contributed by atoms with van der Waals surface area (Å²) < 4.78 is 98.3. The summed E-state index contributed by atoms with van der Waals surface area (Å²) >= 11 is 0. The molecule has 0 N–H and O–H groups in total. The van der Waals surface area contributed by atoms with Crippen LogP contribution >= 0.6 is 0 Å². The van der Waals surface area contributed by atoms with Crippen LogP contribution in [0.1, 0.15) is 11.1 Å². The lowest BCUT2D eigenvalue weighted by Crippen LogP contribution is -2.37. The fourth-order valence-electron chi connectivity index (χ4n) is 4.50. The number of ether oxygens (including phenoxy) is 2. The first-order valence-electron chi connectivity index (χ1n) is 11.5. The minimum atomic E-state index is -4.45. The van der Waals surface area contributed by atoms with E-state index < -0.39 is 23.5 Å². The number of halogens is 6. The van der Waals surface area contributed by atoms with Crippen LogP contribution in [-0.2, 0) is 48.0 Å². The second-order valence-corrected chi connectivity index (χ2v) is 8.63. The van der Waals surface area contributed by atoms with Gasteiger partial charge in [0, 0.05) is 12.1 Å². The summed E-state index contributed by atoms with van der Waals surface area (Å²) in [4.78, 5) is 0. The Labute approximate surface area is 201 Å². The minimum absolute atomic E-state index is 0.226. The van der Waals surface area contributed by atoms with Crippen LogP contribution in [0.3, 0.4) is 0 Å². The van der Waals surface area contributed by atoms with E-state index in [0.29, 0.717) is 61.5 Å². The maximum absolute atomic E-state index is 13.3. The lowest BCUT2D eigenvalue weighted by molar-refractivity contribution is -0.681. The molecule has 4 aromatic rings. The lowest BCUT2D eigenvalue weighted by atomic mass is 10.2. The zero-order chi connectivity index (χ0) is 25.5. The summed E-state index contributed by atoms with van der Waals surface area (Å²) in [5.41, 5.74) is 0.743. The summed E-state index contributed by atoms with van der Waals surface area (Å²) in [6.45, 7) is 2.57. The Morgan fingerprint density at radius 2 is 1.03 bits per heavy atom. The van der Waals surface area contributed by atoms with E-state index in [2.05, 4.69) is 0 Å². The number of hydrogen-bond donors (Lipinski definition) is 0. The molecule has 0 amide bonds. The topological polar surface area (TPSA) is 36.1 Å². The second kappa shape index (κ2) is 9.40. The summed E-state index contributed by atoms with van der Waals surface area (Å²) in [6.07, 6.45) is -5.40. The molecule has 0 spiro atoms. The molecule has 3 heterocycles. The van der Waals surface area contributed by atoms with Gasteiger partial charge < -0.3 is 9.47 Å². The average Bonchev–Trinajstić information content (AvgIpc) is 3.34. The predicted molar refractivity (Wildman–Crippen MR) is 116 cm³/mol. The first kappa shape index (κ1) is 24.6. The first-order chi connectivity index (χ1) is 17.1. The molecule has 1 aliphatic rings. The molecular weight excluding hydrogens is 490 g/mol. The molecule has 1 aliphatic heterocycles. The van der Waals surface area contributed by atoms with E-state index in [0.717, 1.165) is 24.3 Å². The Morgan fingerprint density at radius 1 is 0.611 bits per heavy atom. The first-order valence-corrected chi connectivity index (χ1v) is 11.5. The van der Waals surface area contributed by atoms with Gasteiger partial charge in [-0.05, 0) is 24.3 Å².